The summed E-state index contributed by atoms with van der Waals surface area (Å²) >= 11 is 0. The third-order valence-electron chi connectivity index (χ3n) is 2.74. The molecular weight excluding hydrogens is 389 g/mol. The fourth-order valence-electron chi connectivity index (χ4n) is 2.07. The predicted octanol–water partition coefficient (Wildman–Crippen LogP) is 8.41. The molecule has 0 bridgehead atoms. The number of hydrogen-bond donors (Lipinski definition) is 0. The van der Waals surface area contributed by atoms with E-state index in [9.17, 15) is 0 Å². The topological polar surface area (TPSA) is 0 Å². The molecule has 0 atom stereocenters. The summed E-state index contributed by atoms with van der Waals surface area (Å²) in [5.41, 5.74) is 4.21. The number of rotatable bonds is 2. The van der Waals surface area contributed by atoms with Crippen molar-refractivity contribution in [2.24, 2.45) is 5.41 Å². The first kappa shape index (κ1) is 30.3. The van der Waals surface area contributed by atoms with Crippen molar-refractivity contribution in [2.45, 2.75) is 75.7 Å². The van der Waals surface area contributed by atoms with Crippen LogP contribution in [-0.4, -0.2) is 0 Å². The Morgan fingerprint density at radius 2 is 1.27 bits per heavy atom. The predicted molar refractivity (Wildman–Crippen MR) is 117 cm³/mol. The number of hydrogen-bond acceptors (Lipinski definition) is 0. The first-order valence-electron chi connectivity index (χ1n) is 9.61. The monoisotopic (exact) mass is 429 g/mol. The van der Waals surface area contributed by atoms with Crippen LogP contribution in [0.15, 0.2) is 48.5 Å². The van der Waals surface area contributed by atoms with Gasteiger partial charge in [-0.15, -0.1) is 35.9 Å². The maximum absolute atomic E-state index is 3.31. The molecule has 1 heteroatoms. The summed E-state index contributed by atoms with van der Waals surface area (Å²) in [4.78, 5) is 0. The molecule has 0 spiro atoms. The average Bonchev–Trinajstić information content (AvgIpc) is 2.58. The fraction of sp³-hybridized carbons (Fsp3) is 0.480. The minimum absolute atomic E-state index is 0. The summed E-state index contributed by atoms with van der Waals surface area (Å²) < 4.78 is 0. The van der Waals surface area contributed by atoms with Gasteiger partial charge in [0.1, 0.15) is 0 Å². The molecule has 0 heterocycles. The second kappa shape index (κ2) is 17.9. The molecule has 0 aliphatic rings. The quantitative estimate of drug-likeness (QED) is 0.420. The molecular formula is C25H40Y-2. The summed E-state index contributed by atoms with van der Waals surface area (Å²) in [6, 6.07) is 20.1. The van der Waals surface area contributed by atoms with E-state index in [1.165, 1.54) is 22.6 Å². The molecule has 0 unspecified atom stereocenters. The molecule has 26 heavy (non-hydrogen) atoms. The summed E-state index contributed by atoms with van der Waals surface area (Å²) in [5.74, 6) is 1.42. The van der Waals surface area contributed by atoms with Gasteiger partial charge in [0.05, 0.1) is 0 Å². The average molecular weight is 430 g/mol. The zero-order valence-electron chi connectivity index (χ0n) is 18.9. The van der Waals surface area contributed by atoms with Crippen LogP contribution in [0, 0.1) is 17.4 Å². The van der Waals surface area contributed by atoms with E-state index in [-0.39, 0.29) is 32.7 Å². The third-order valence-corrected chi connectivity index (χ3v) is 2.74. The van der Waals surface area contributed by atoms with Crippen molar-refractivity contribution in [3.63, 3.8) is 0 Å². The van der Waals surface area contributed by atoms with Gasteiger partial charge in [-0.2, -0.15) is 20.8 Å². The zero-order chi connectivity index (χ0) is 19.9. The van der Waals surface area contributed by atoms with Gasteiger partial charge in [0.15, 0.2) is 0 Å². The van der Waals surface area contributed by atoms with Crippen LogP contribution in [-0.2, 0) is 39.1 Å². The van der Waals surface area contributed by atoms with Gasteiger partial charge < -0.3 is 5.92 Å². The Hall–Kier alpha value is -0.456. The van der Waals surface area contributed by atoms with Gasteiger partial charge in [-0.1, -0.05) is 83.9 Å². The molecule has 0 saturated carbocycles. The molecule has 0 aromatic heterocycles. The SMILES string of the molecule is CC.CC.CC(C)(C)Cc1ccccc1-c1[c-]cccc1.C[C-](C)C.[Y]. The van der Waals surface area contributed by atoms with Crippen molar-refractivity contribution in [3.8, 4) is 11.1 Å². The Balaban J connectivity index is -0.000000511. The van der Waals surface area contributed by atoms with Crippen LogP contribution in [0.3, 0.4) is 0 Å². The minimum atomic E-state index is 0. The standard InChI is InChI=1S/C17H19.C4H9.2C2H6.Y/c1-17(2,3)13-15-11-7-8-12-16(15)14-9-5-4-6-10-14;1-4(2)3;2*1-2;/h4-9,11-12H,13H2,1-3H3;1-3H3;2*1-2H3;/q2*-1;;;. The second-order valence-electron chi connectivity index (χ2n) is 7.17. The Morgan fingerprint density at radius 1 is 0.808 bits per heavy atom. The van der Waals surface area contributed by atoms with Gasteiger partial charge in [0, 0.05) is 32.7 Å². The molecule has 0 aliphatic heterocycles. The van der Waals surface area contributed by atoms with Crippen LogP contribution < -0.4 is 0 Å². The van der Waals surface area contributed by atoms with Crippen LogP contribution >= 0.6 is 0 Å². The van der Waals surface area contributed by atoms with Crippen molar-refractivity contribution in [3.05, 3.63) is 66.1 Å². The van der Waals surface area contributed by atoms with E-state index < -0.39 is 0 Å². The summed E-state index contributed by atoms with van der Waals surface area (Å²) in [6.45, 7) is 21.1. The van der Waals surface area contributed by atoms with Crippen molar-refractivity contribution < 1.29 is 32.7 Å². The van der Waals surface area contributed by atoms with Gasteiger partial charge in [-0.3, -0.25) is 0 Å². The maximum Gasteiger partial charge on any atom is 0 e. The molecule has 145 valence electrons. The summed E-state index contributed by atoms with van der Waals surface area (Å²) in [7, 11) is 0. The van der Waals surface area contributed by atoms with Gasteiger partial charge in [-0.05, 0) is 11.8 Å². The van der Waals surface area contributed by atoms with E-state index in [0.717, 1.165) is 6.42 Å². The van der Waals surface area contributed by atoms with E-state index in [1.54, 1.807) is 0 Å². The van der Waals surface area contributed by atoms with Crippen LogP contribution in [0.25, 0.3) is 11.1 Å². The molecule has 1 radical (unpaired) electrons. The smallest absolute Gasteiger partial charge is 0 e. The van der Waals surface area contributed by atoms with Crippen LogP contribution in [0.1, 0.15) is 74.8 Å². The molecule has 0 fully saturated rings. The van der Waals surface area contributed by atoms with Crippen molar-refractivity contribution in [2.75, 3.05) is 0 Å². The normalized spacial score (nSPS) is 9.35. The minimum Gasteiger partial charge on any atom is -0.323 e. The number of benzene rings is 2. The Bertz CT molecular complexity index is 519. The third kappa shape index (κ3) is 15.8. The Labute approximate surface area is 190 Å². The Kier molecular flexibility index (Phi) is 20.9. The maximum atomic E-state index is 3.31. The van der Waals surface area contributed by atoms with Crippen molar-refractivity contribution in [1.82, 2.24) is 0 Å². The second-order valence-corrected chi connectivity index (χ2v) is 7.17. The van der Waals surface area contributed by atoms with Gasteiger partial charge in [0.2, 0.25) is 0 Å². The van der Waals surface area contributed by atoms with Crippen LogP contribution in [0.5, 0.6) is 0 Å². The summed E-state index contributed by atoms with van der Waals surface area (Å²) in [6.07, 6.45) is 1.09. The molecule has 0 nitrogen and oxygen atoms in total. The molecule has 0 aliphatic carbocycles. The molecule has 2 aromatic rings. The summed E-state index contributed by atoms with van der Waals surface area (Å²) in [5, 5.41) is 0. The molecule has 2 rings (SSSR count). The van der Waals surface area contributed by atoms with Gasteiger partial charge in [-0.25, -0.2) is 0 Å². The molecule has 0 N–H and O–H groups in total. The van der Waals surface area contributed by atoms with Gasteiger partial charge >= 0.3 is 0 Å². The first-order valence-corrected chi connectivity index (χ1v) is 9.61. The van der Waals surface area contributed by atoms with E-state index in [1.807, 2.05) is 39.8 Å². The van der Waals surface area contributed by atoms with Crippen molar-refractivity contribution >= 4 is 0 Å². The fourth-order valence-corrected chi connectivity index (χ4v) is 2.07. The first-order chi connectivity index (χ1) is 11.8. The zero-order valence-corrected chi connectivity index (χ0v) is 21.7. The molecule has 0 amide bonds. The van der Waals surface area contributed by atoms with E-state index >= 15 is 0 Å². The van der Waals surface area contributed by atoms with E-state index in [4.69, 9.17) is 0 Å². The largest absolute Gasteiger partial charge is 0.323 e. The van der Waals surface area contributed by atoms with Crippen molar-refractivity contribution in [1.29, 1.82) is 0 Å². The molecule has 0 saturated heterocycles. The molecule has 2 aromatic carbocycles. The van der Waals surface area contributed by atoms with E-state index in [2.05, 4.69) is 84.0 Å². The van der Waals surface area contributed by atoms with Crippen LogP contribution in [0.4, 0.5) is 0 Å². The Morgan fingerprint density at radius 3 is 1.69 bits per heavy atom. The van der Waals surface area contributed by atoms with Crippen LogP contribution in [0.2, 0.25) is 0 Å². The van der Waals surface area contributed by atoms with Gasteiger partial charge in [0.25, 0.3) is 0 Å². The van der Waals surface area contributed by atoms with E-state index in [0.29, 0.717) is 5.41 Å².